The van der Waals surface area contributed by atoms with E-state index in [9.17, 15) is 0 Å². The molecular formula is C22H35BN8. The van der Waals surface area contributed by atoms with Crippen LogP contribution in [0.4, 0.5) is 11.6 Å². The first-order valence-corrected chi connectivity index (χ1v) is 10.9. The minimum Gasteiger partial charge on any atom is -0.397 e. The molecule has 166 valence electrons. The van der Waals surface area contributed by atoms with Gasteiger partial charge in [-0.25, -0.2) is 15.2 Å². The molecule has 2 aromatic heterocycles. The Bertz CT molecular complexity index is 870. The summed E-state index contributed by atoms with van der Waals surface area (Å²) in [6, 6.07) is 1.85. The second-order valence-electron chi connectivity index (χ2n) is 8.35. The van der Waals surface area contributed by atoms with Gasteiger partial charge in [-0.2, -0.15) is 0 Å². The van der Waals surface area contributed by atoms with Crippen molar-refractivity contribution in [1.29, 1.82) is 5.26 Å². The largest absolute Gasteiger partial charge is 0.397 e. The molecule has 0 atom stereocenters. The van der Waals surface area contributed by atoms with Crippen LogP contribution in [0.1, 0.15) is 44.2 Å². The summed E-state index contributed by atoms with van der Waals surface area (Å²) >= 11 is 0. The summed E-state index contributed by atoms with van der Waals surface area (Å²) in [6.07, 6.45) is 8.94. The lowest BCUT2D eigenvalue weighted by Gasteiger charge is -2.39. The third-order valence-electron chi connectivity index (χ3n) is 5.95. The van der Waals surface area contributed by atoms with Gasteiger partial charge in [0.05, 0.1) is 11.4 Å². The van der Waals surface area contributed by atoms with E-state index < -0.39 is 5.66 Å². The molecule has 0 saturated carbocycles. The highest BCUT2D eigenvalue weighted by molar-refractivity contribution is 6.79. The number of nitrogen functional groups attached to an aromatic ring is 1. The molecule has 3 heterocycles. The SMILES string of the molecule is CCB(C#N)c1ncc(N)cc1C.CCC(N)(N)C1CCN(c2ncc(C)cn2)CC1. The van der Waals surface area contributed by atoms with Gasteiger partial charge in [-0.05, 0) is 56.2 Å². The summed E-state index contributed by atoms with van der Waals surface area (Å²) in [5, 5.41) is 8.85. The Hall–Kier alpha value is -2.70. The fraction of sp³-hybridized carbons (Fsp3) is 0.545. The first-order chi connectivity index (χ1) is 14.7. The van der Waals surface area contributed by atoms with Crippen molar-refractivity contribution < 1.29 is 0 Å². The highest BCUT2D eigenvalue weighted by Crippen LogP contribution is 2.27. The normalized spacial score (nSPS) is 14.4. The molecule has 6 N–H and O–H groups in total. The fourth-order valence-electron chi connectivity index (χ4n) is 3.77. The number of nitriles is 1. The summed E-state index contributed by atoms with van der Waals surface area (Å²) < 4.78 is 0. The molecule has 3 rings (SSSR count). The first kappa shape index (κ1) is 24.6. The van der Waals surface area contributed by atoms with Crippen LogP contribution in [0.25, 0.3) is 0 Å². The Morgan fingerprint density at radius 3 is 2.23 bits per heavy atom. The van der Waals surface area contributed by atoms with Gasteiger partial charge in [0.1, 0.15) is 0 Å². The molecule has 0 spiro atoms. The molecule has 2 aromatic rings. The van der Waals surface area contributed by atoms with Crippen molar-refractivity contribution in [2.75, 3.05) is 23.7 Å². The molecule has 31 heavy (non-hydrogen) atoms. The minimum absolute atomic E-state index is 0.111. The fourth-order valence-corrected chi connectivity index (χ4v) is 3.77. The van der Waals surface area contributed by atoms with Crippen LogP contribution in [0.3, 0.4) is 0 Å². The van der Waals surface area contributed by atoms with Crippen LogP contribution >= 0.6 is 0 Å². The van der Waals surface area contributed by atoms with Crippen molar-refractivity contribution in [3.8, 4) is 5.97 Å². The molecule has 0 amide bonds. The van der Waals surface area contributed by atoms with Gasteiger partial charge in [0.2, 0.25) is 5.95 Å². The number of nitrogens with zero attached hydrogens (tertiary/aromatic N) is 5. The van der Waals surface area contributed by atoms with E-state index in [1.165, 1.54) is 0 Å². The molecule has 1 aliphatic heterocycles. The second-order valence-corrected chi connectivity index (χ2v) is 8.35. The average Bonchev–Trinajstić information content (AvgIpc) is 2.77. The average molecular weight is 422 g/mol. The highest BCUT2D eigenvalue weighted by atomic mass is 15.2. The van der Waals surface area contributed by atoms with Gasteiger partial charge in [0.25, 0.3) is 0 Å². The Morgan fingerprint density at radius 2 is 1.74 bits per heavy atom. The van der Waals surface area contributed by atoms with Gasteiger partial charge >= 0.3 is 6.71 Å². The van der Waals surface area contributed by atoms with E-state index in [-0.39, 0.29) is 6.71 Å². The van der Waals surface area contributed by atoms with E-state index >= 15 is 0 Å². The molecule has 9 heteroatoms. The predicted molar refractivity (Wildman–Crippen MR) is 128 cm³/mol. The van der Waals surface area contributed by atoms with Crippen LogP contribution in [0.2, 0.25) is 6.32 Å². The second kappa shape index (κ2) is 11.1. The van der Waals surface area contributed by atoms with Crippen LogP contribution in [0.5, 0.6) is 0 Å². The predicted octanol–water partition coefficient (Wildman–Crippen LogP) is 1.78. The Labute approximate surface area is 186 Å². The van der Waals surface area contributed by atoms with Gasteiger partial charge in [0.15, 0.2) is 0 Å². The van der Waals surface area contributed by atoms with Crippen molar-refractivity contribution in [3.05, 3.63) is 35.8 Å². The summed E-state index contributed by atoms with van der Waals surface area (Å²) in [6.45, 7) is 9.71. The Morgan fingerprint density at radius 1 is 1.13 bits per heavy atom. The summed E-state index contributed by atoms with van der Waals surface area (Å²) in [5.74, 6) is 3.43. The zero-order chi connectivity index (χ0) is 23.0. The van der Waals surface area contributed by atoms with Crippen LogP contribution < -0.4 is 27.7 Å². The number of anilines is 2. The zero-order valence-electron chi connectivity index (χ0n) is 19.2. The van der Waals surface area contributed by atoms with Crippen molar-refractivity contribution in [3.63, 3.8) is 0 Å². The number of pyridine rings is 1. The quantitative estimate of drug-likeness (QED) is 0.489. The van der Waals surface area contributed by atoms with E-state index in [0.29, 0.717) is 11.6 Å². The Kier molecular flexibility index (Phi) is 8.78. The van der Waals surface area contributed by atoms with Gasteiger partial charge in [-0.3, -0.25) is 4.98 Å². The van der Waals surface area contributed by atoms with Gasteiger partial charge in [-0.1, -0.05) is 20.2 Å². The standard InChI is InChI=1S/C13H23N5.C9H12BN3/c1-3-13(14,15)11-4-6-18(7-5-11)12-16-8-10(2)9-17-12;1-3-10(6-11)9-7(2)4-8(12)5-13-9/h8-9,11H,3-7,14-15H2,1-2H3;4-5H,3,12H2,1-2H3. The van der Waals surface area contributed by atoms with Gasteiger partial charge in [0, 0.05) is 43.2 Å². The van der Waals surface area contributed by atoms with E-state index in [2.05, 4.69) is 32.7 Å². The third-order valence-corrected chi connectivity index (χ3v) is 5.95. The molecule has 0 radical (unpaired) electrons. The maximum atomic E-state index is 8.85. The molecular weight excluding hydrogens is 387 g/mol. The topological polar surface area (TPSA) is 144 Å². The van der Waals surface area contributed by atoms with Gasteiger partial charge < -0.3 is 22.1 Å². The number of nitrogens with two attached hydrogens (primary N) is 3. The van der Waals surface area contributed by atoms with Crippen molar-refractivity contribution in [2.45, 2.75) is 58.9 Å². The number of piperidine rings is 1. The van der Waals surface area contributed by atoms with E-state index in [1.54, 1.807) is 6.20 Å². The lowest BCUT2D eigenvalue weighted by atomic mass is 9.46. The van der Waals surface area contributed by atoms with Gasteiger partial charge in [-0.15, -0.1) is 0 Å². The maximum Gasteiger partial charge on any atom is 0.322 e. The summed E-state index contributed by atoms with van der Waals surface area (Å²) in [7, 11) is 0. The molecule has 8 nitrogen and oxygen atoms in total. The van der Waals surface area contributed by atoms with Crippen molar-refractivity contribution >= 4 is 23.9 Å². The van der Waals surface area contributed by atoms with Crippen molar-refractivity contribution in [2.24, 2.45) is 17.4 Å². The number of hydrogen-bond donors (Lipinski definition) is 3. The third kappa shape index (κ3) is 6.64. The molecule has 0 aromatic carbocycles. The molecule has 1 fully saturated rings. The van der Waals surface area contributed by atoms with Crippen LogP contribution in [-0.4, -0.2) is 40.4 Å². The van der Waals surface area contributed by atoms with E-state index in [1.807, 2.05) is 39.2 Å². The monoisotopic (exact) mass is 422 g/mol. The summed E-state index contributed by atoms with van der Waals surface area (Å²) in [4.78, 5) is 15.1. The van der Waals surface area contributed by atoms with E-state index in [0.717, 1.165) is 61.3 Å². The number of hydrogen-bond acceptors (Lipinski definition) is 8. The maximum absolute atomic E-state index is 8.85. The van der Waals surface area contributed by atoms with Crippen LogP contribution in [0, 0.1) is 31.0 Å². The smallest absolute Gasteiger partial charge is 0.322 e. The molecule has 0 unspecified atom stereocenters. The van der Waals surface area contributed by atoms with Crippen LogP contribution in [-0.2, 0) is 0 Å². The van der Waals surface area contributed by atoms with E-state index in [4.69, 9.17) is 22.5 Å². The Balaban J connectivity index is 0.000000233. The van der Waals surface area contributed by atoms with Crippen molar-refractivity contribution in [1.82, 2.24) is 15.0 Å². The number of rotatable bonds is 5. The number of aromatic nitrogens is 3. The number of aryl methyl sites for hydroxylation is 2. The molecule has 0 aliphatic carbocycles. The van der Waals surface area contributed by atoms with Crippen LogP contribution in [0.15, 0.2) is 24.7 Å². The first-order valence-electron chi connectivity index (χ1n) is 10.9. The zero-order valence-corrected chi connectivity index (χ0v) is 19.2. The molecule has 1 aliphatic rings. The highest BCUT2D eigenvalue weighted by Gasteiger charge is 2.32. The minimum atomic E-state index is -0.528. The molecule has 0 bridgehead atoms. The summed E-state index contributed by atoms with van der Waals surface area (Å²) in [5.41, 5.74) is 20.9. The molecule has 1 saturated heterocycles. The lowest BCUT2D eigenvalue weighted by Crippen LogP contribution is -2.57. The lowest BCUT2D eigenvalue weighted by molar-refractivity contribution is 0.224.